The van der Waals surface area contributed by atoms with Crippen LogP contribution in [0.2, 0.25) is 0 Å². The first-order chi connectivity index (χ1) is 8.81. The lowest BCUT2D eigenvalue weighted by Crippen LogP contribution is -2.40. The predicted octanol–water partition coefficient (Wildman–Crippen LogP) is 2.16. The third-order valence-corrected chi connectivity index (χ3v) is 2.75. The SMILES string of the molecule is CCOC(=O)C(C)(Cc1cc(F)ccc1F)C(=O)O. The summed E-state index contributed by atoms with van der Waals surface area (Å²) in [7, 11) is 0. The minimum atomic E-state index is -1.95. The van der Waals surface area contributed by atoms with Gasteiger partial charge in [-0.25, -0.2) is 8.78 Å². The molecule has 0 aromatic heterocycles. The molecule has 0 radical (unpaired) electrons. The van der Waals surface area contributed by atoms with Crippen molar-refractivity contribution in [1.82, 2.24) is 0 Å². The number of carbonyl (C=O) groups excluding carboxylic acids is 1. The molecule has 1 N–H and O–H groups in total. The molecule has 0 saturated heterocycles. The summed E-state index contributed by atoms with van der Waals surface area (Å²) in [5.74, 6) is -3.90. The molecule has 4 nitrogen and oxygen atoms in total. The number of carboxylic acids is 1. The summed E-state index contributed by atoms with van der Waals surface area (Å²) in [4.78, 5) is 22.9. The van der Waals surface area contributed by atoms with E-state index in [0.717, 1.165) is 25.1 Å². The van der Waals surface area contributed by atoms with Gasteiger partial charge in [-0.15, -0.1) is 0 Å². The van der Waals surface area contributed by atoms with Crippen LogP contribution in [0.25, 0.3) is 0 Å². The number of rotatable bonds is 5. The van der Waals surface area contributed by atoms with E-state index in [1.165, 1.54) is 6.92 Å². The number of carbonyl (C=O) groups is 2. The van der Waals surface area contributed by atoms with Gasteiger partial charge < -0.3 is 9.84 Å². The molecule has 0 bridgehead atoms. The summed E-state index contributed by atoms with van der Waals surface area (Å²) in [6.45, 7) is 2.66. The van der Waals surface area contributed by atoms with Gasteiger partial charge in [0.25, 0.3) is 0 Å². The molecule has 0 aliphatic carbocycles. The number of halogens is 2. The van der Waals surface area contributed by atoms with Crippen LogP contribution in [0.15, 0.2) is 18.2 Å². The molecule has 0 spiro atoms. The fraction of sp³-hybridized carbons (Fsp3) is 0.385. The second-order valence-corrected chi connectivity index (χ2v) is 4.27. The number of hydrogen-bond donors (Lipinski definition) is 1. The van der Waals surface area contributed by atoms with Crippen molar-refractivity contribution < 1.29 is 28.2 Å². The largest absolute Gasteiger partial charge is 0.480 e. The van der Waals surface area contributed by atoms with Crippen LogP contribution >= 0.6 is 0 Å². The second-order valence-electron chi connectivity index (χ2n) is 4.27. The molecule has 1 rings (SSSR count). The van der Waals surface area contributed by atoms with Crippen molar-refractivity contribution in [3.63, 3.8) is 0 Å². The first kappa shape index (κ1) is 15.1. The lowest BCUT2D eigenvalue weighted by atomic mass is 9.83. The smallest absolute Gasteiger partial charge is 0.323 e. The van der Waals surface area contributed by atoms with Crippen LogP contribution in [0.3, 0.4) is 0 Å². The van der Waals surface area contributed by atoms with Crippen molar-refractivity contribution >= 4 is 11.9 Å². The van der Waals surface area contributed by atoms with Crippen molar-refractivity contribution in [1.29, 1.82) is 0 Å². The molecule has 1 aromatic rings. The molecular weight excluding hydrogens is 258 g/mol. The van der Waals surface area contributed by atoms with E-state index in [2.05, 4.69) is 4.74 Å². The quantitative estimate of drug-likeness (QED) is 0.659. The van der Waals surface area contributed by atoms with Gasteiger partial charge in [0.05, 0.1) is 6.61 Å². The fourth-order valence-corrected chi connectivity index (χ4v) is 1.59. The Balaban J connectivity index is 3.12. The predicted molar refractivity (Wildman–Crippen MR) is 62.4 cm³/mol. The van der Waals surface area contributed by atoms with Crippen molar-refractivity contribution in [3.8, 4) is 0 Å². The van der Waals surface area contributed by atoms with Crippen molar-refractivity contribution in [2.24, 2.45) is 5.41 Å². The van der Waals surface area contributed by atoms with E-state index in [9.17, 15) is 18.4 Å². The van der Waals surface area contributed by atoms with Gasteiger partial charge in [-0.05, 0) is 37.6 Å². The number of benzene rings is 1. The van der Waals surface area contributed by atoms with Gasteiger partial charge in [-0.2, -0.15) is 0 Å². The van der Waals surface area contributed by atoms with E-state index in [-0.39, 0.29) is 12.2 Å². The van der Waals surface area contributed by atoms with Crippen molar-refractivity contribution in [2.75, 3.05) is 6.61 Å². The number of aliphatic carboxylic acids is 1. The lowest BCUT2D eigenvalue weighted by molar-refractivity contribution is -0.167. The van der Waals surface area contributed by atoms with Crippen molar-refractivity contribution in [2.45, 2.75) is 20.3 Å². The fourth-order valence-electron chi connectivity index (χ4n) is 1.59. The zero-order valence-corrected chi connectivity index (χ0v) is 10.6. The standard InChI is InChI=1S/C13H14F2O4/c1-3-19-12(18)13(2,11(16)17)7-8-6-9(14)4-5-10(8)15/h4-6H,3,7H2,1-2H3,(H,16,17). The van der Waals surface area contributed by atoms with Gasteiger partial charge in [0.2, 0.25) is 0 Å². The minimum Gasteiger partial charge on any atom is -0.480 e. The molecule has 1 aromatic carbocycles. The molecule has 1 atom stereocenters. The Morgan fingerprint density at radius 1 is 1.37 bits per heavy atom. The number of carboxylic acid groups (broad SMARTS) is 1. The van der Waals surface area contributed by atoms with Crippen LogP contribution in [0.4, 0.5) is 8.78 Å². The first-order valence-electron chi connectivity index (χ1n) is 5.65. The molecule has 0 aliphatic rings. The van der Waals surface area contributed by atoms with E-state index < -0.39 is 35.4 Å². The molecule has 0 saturated carbocycles. The summed E-state index contributed by atoms with van der Waals surface area (Å²) >= 11 is 0. The van der Waals surface area contributed by atoms with Gasteiger partial charge >= 0.3 is 11.9 Å². The molecule has 19 heavy (non-hydrogen) atoms. The lowest BCUT2D eigenvalue weighted by Gasteiger charge is -2.22. The Kier molecular flexibility index (Phi) is 4.58. The van der Waals surface area contributed by atoms with E-state index in [4.69, 9.17) is 5.11 Å². The number of hydrogen-bond acceptors (Lipinski definition) is 3. The van der Waals surface area contributed by atoms with Gasteiger partial charge in [-0.1, -0.05) is 0 Å². The normalized spacial score (nSPS) is 13.7. The molecule has 1 unspecified atom stereocenters. The second kappa shape index (κ2) is 5.77. The molecule has 0 aliphatic heterocycles. The number of esters is 1. The summed E-state index contributed by atoms with van der Waals surface area (Å²) in [6.07, 6.45) is -0.481. The summed E-state index contributed by atoms with van der Waals surface area (Å²) in [5.41, 5.74) is -2.14. The van der Waals surface area contributed by atoms with Crippen LogP contribution in [-0.2, 0) is 20.7 Å². The zero-order chi connectivity index (χ0) is 14.6. The average Bonchev–Trinajstić information content (AvgIpc) is 2.33. The van der Waals surface area contributed by atoms with Crippen molar-refractivity contribution in [3.05, 3.63) is 35.4 Å². The molecule has 104 valence electrons. The highest BCUT2D eigenvalue weighted by molar-refractivity contribution is 5.99. The van der Waals surface area contributed by atoms with Crippen LogP contribution < -0.4 is 0 Å². The Morgan fingerprint density at radius 2 is 2.00 bits per heavy atom. The van der Waals surface area contributed by atoms with E-state index in [1.54, 1.807) is 0 Å². The Hall–Kier alpha value is -1.98. The monoisotopic (exact) mass is 272 g/mol. The highest BCUT2D eigenvalue weighted by Crippen LogP contribution is 2.27. The maximum atomic E-state index is 13.5. The highest BCUT2D eigenvalue weighted by Gasteiger charge is 2.43. The van der Waals surface area contributed by atoms with Gasteiger partial charge in [-0.3, -0.25) is 9.59 Å². The summed E-state index contributed by atoms with van der Waals surface area (Å²) < 4.78 is 31.2. The summed E-state index contributed by atoms with van der Waals surface area (Å²) in [5, 5.41) is 9.13. The Bertz CT molecular complexity index is 501. The third-order valence-electron chi connectivity index (χ3n) is 2.75. The average molecular weight is 272 g/mol. The van der Waals surface area contributed by atoms with Crippen LogP contribution in [0, 0.1) is 17.0 Å². The molecule has 6 heteroatoms. The van der Waals surface area contributed by atoms with Gasteiger partial charge in [0.1, 0.15) is 11.6 Å². The first-order valence-corrected chi connectivity index (χ1v) is 5.65. The third kappa shape index (κ3) is 3.27. The number of ether oxygens (including phenoxy) is 1. The summed E-state index contributed by atoms with van der Waals surface area (Å²) in [6, 6.07) is 2.68. The minimum absolute atomic E-state index is 0.00728. The molecule has 0 amide bonds. The topological polar surface area (TPSA) is 63.6 Å². The Morgan fingerprint density at radius 3 is 2.53 bits per heavy atom. The van der Waals surface area contributed by atoms with Crippen LogP contribution in [0.5, 0.6) is 0 Å². The maximum absolute atomic E-state index is 13.5. The molecule has 0 fully saturated rings. The van der Waals surface area contributed by atoms with Gasteiger partial charge in [0, 0.05) is 6.42 Å². The van der Waals surface area contributed by atoms with Crippen LogP contribution in [0.1, 0.15) is 19.4 Å². The molecular formula is C13H14F2O4. The Labute approximate surface area is 109 Å². The highest BCUT2D eigenvalue weighted by atomic mass is 19.1. The van der Waals surface area contributed by atoms with Crippen LogP contribution in [-0.4, -0.2) is 23.7 Å². The molecule has 0 heterocycles. The van der Waals surface area contributed by atoms with E-state index in [0.29, 0.717) is 0 Å². The zero-order valence-electron chi connectivity index (χ0n) is 10.6. The van der Waals surface area contributed by atoms with E-state index >= 15 is 0 Å². The van der Waals surface area contributed by atoms with E-state index in [1.807, 2.05) is 0 Å². The maximum Gasteiger partial charge on any atom is 0.323 e. The van der Waals surface area contributed by atoms with Gasteiger partial charge in [0.15, 0.2) is 5.41 Å².